The van der Waals surface area contributed by atoms with E-state index in [0.29, 0.717) is 0 Å². The summed E-state index contributed by atoms with van der Waals surface area (Å²) >= 11 is 0. The highest BCUT2D eigenvalue weighted by molar-refractivity contribution is 5.85. The van der Waals surface area contributed by atoms with Crippen molar-refractivity contribution in [1.29, 1.82) is 0 Å². The van der Waals surface area contributed by atoms with Crippen LogP contribution in [-0.4, -0.2) is 29.7 Å². The van der Waals surface area contributed by atoms with Crippen LogP contribution in [0.15, 0.2) is 24.4 Å². The molecule has 1 aliphatic rings. The molecule has 1 heterocycles. The predicted octanol–water partition coefficient (Wildman–Crippen LogP) is 2.03. The molecule has 1 fully saturated rings. The lowest BCUT2D eigenvalue weighted by atomic mass is 10.2. The van der Waals surface area contributed by atoms with Crippen molar-refractivity contribution in [3.63, 3.8) is 0 Å². The number of anilines is 1. The summed E-state index contributed by atoms with van der Waals surface area (Å²) in [6, 6.07) is 3.80. The fraction of sp³-hybridized carbons (Fsp3) is 0.385. The third kappa shape index (κ3) is 3.59. The molecule has 0 amide bonds. The van der Waals surface area contributed by atoms with Gasteiger partial charge in [-0.1, -0.05) is 0 Å². The molecule has 0 aromatic carbocycles. The van der Waals surface area contributed by atoms with Crippen molar-refractivity contribution in [2.45, 2.75) is 12.8 Å². The summed E-state index contributed by atoms with van der Waals surface area (Å²) in [6.45, 7) is 1.05. The Morgan fingerprint density at radius 2 is 2.35 bits per heavy atom. The number of nitrogens with zero attached hydrogens (tertiary/aromatic N) is 2. The number of carbonyl (C=O) groups is 1. The van der Waals surface area contributed by atoms with E-state index in [-0.39, 0.29) is 0 Å². The minimum absolute atomic E-state index is 0.802. The molecule has 1 N–H and O–H groups in total. The van der Waals surface area contributed by atoms with E-state index in [9.17, 15) is 4.79 Å². The average molecular weight is 232 g/mol. The molecule has 0 spiro atoms. The van der Waals surface area contributed by atoms with E-state index in [0.717, 1.165) is 29.9 Å². The summed E-state index contributed by atoms with van der Waals surface area (Å²) in [5, 5.41) is 8.51. The largest absolute Gasteiger partial charge is 0.478 e. The zero-order valence-electron chi connectivity index (χ0n) is 9.84. The average Bonchev–Trinajstić information content (AvgIpc) is 3.11. The van der Waals surface area contributed by atoms with Gasteiger partial charge < -0.3 is 10.0 Å². The van der Waals surface area contributed by atoms with Gasteiger partial charge in [0, 0.05) is 25.9 Å². The number of pyridine rings is 1. The van der Waals surface area contributed by atoms with Gasteiger partial charge in [-0.3, -0.25) is 0 Å². The van der Waals surface area contributed by atoms with Gasteiger partial charge in [0.25, 0.3) is 0 Å². The van der Waals surface area contributed by atoms with Gasteiger partial charge in [-0.25, -0.2) is 9.78 Å². The first-order valence-electron chi connectivity index (χ1n) is 5.73. The molecule has 0 bridgehead atoms. The maximum atomic E-state index is 10.4. The number of carboxylic acid groups (broad SMARTS) is 1. The van der Waals surface area contributed by atoms with Gasteiger partial charge in [0.05, 0.1) is 0 Å². The Labute approximate surface area is 101 Å². The van der Waals surface area contributed by atoms with Crippen LogP contribution in [0.3, 0.4) is 0 Å². The van der Waals surface area contributed by atoms with Gasteiger partial charge >= 0.3 is 5.97 Å². The number of hydrogen-bond acceptors (Lipinski definition) is 3. The van der Waals surface area contributed by atoms with Crippen LogP contribution >= 0.6 is 0 Å². The van der Waals surface area contributed by atoms with Crippen molar-refractivity contribution in [3.05, 3.63) is 30.0 Å². The van der Waals surface area contributed by atoms with Crippen molar-refractivity contribution >= 4 is 17.9 Å². The molecule has 1 aromatic heterocycles. The van der Waals surface area contributed by atoms with E-state index in [1.165, 1.54) is 12.8 Å². The van der Waals surface area contributed by atoms with Gasteiger partial charge in [0.2, 0.25) is 0 Å². The third-order valence-electron chi connectivity index (χ3n) is 2.81. The molecule has 1 aliphatic carbocycles. The monoisotopic (exact) mass is 232 g/mol. The molecule has 4 nitrogen and oxygen atoms in total. The highest BCUT2D eigenvalue weighted by Gasteiger charge is 2.23. The first kappa shape index (κ1) is 11.6. The van der Waals surface area contributed by atoms with Crippen LogP contribution in [0.25, 0.3) is 6.08 Å². The molecule has 0 saturated heterocycles. The van der Waals surface area contributed by atoms with Crippen molar-refractivity contribution in [3.8, 4) is 0 Å². The van der Waals surface area contributed by atoms with E-state index in [4.69, 9.17) is 5.11 Å². The van der Waals surface area contributed by atoms with Gasteiger partial charge in [-0.2, -0.15) is 0 Å². The zero-order chi connectivity index (χ0) is 12.3. The Hall–Kier alpha value is -1.84. The lowest BCUT2D eigenvalue weighted by molar-refractivity contribution is -0.131. The Morgan fingerprint density at radius 3 is 2.88 bits per heavy atom. The summed E-state index contributed by atoms with van der Waals surface area (Å²) in [4.78, 5) is 16.8. The lowest BCUT2D eigenvalue weighted by Crippen LogP contribution is -2.20. The Balaban J connectivity index is 1.98. The smallest absolute Gasteiger partial charge is 0.328 e. The van der Waals surface area contributed by atoms with Gasteiger partial charge in [-0.05, 0) is 42.5 Å². The van der Waals surface area contributed by atoms with E-state index in [2.05, 4.69) is 9.88 Å². The number of aromatic nitrogens is 1. The SMILES string of the molecule is CN(CC1CC1)c1ccc(/C=C/C(=O)O)cn1. The molecule has 2 rings (SSSR count). The number of hydrogen-bond donors (Lipinski definition) is 1. The summed E-state index contributed by atoms with van der Waals surface area (Å²) in [6.07, 6.45) is 7.00. The Morgan fingerprint density at radius 1 is 1.59 bits per heavy atom. The van der Waals surface area contributed by atoms with Crippen LogP contribution in [0.1, 0.15) is 18.4 Å². The Bertz CT molecular complexity index is 422. The minimum atomic E-state index is -0.945. The maximum Gasteiger partial charge on any atom is 0.328 e. The maximum absolute atomic E-state index is 10.4. The predicted molar refractivity (Wildman–Crippen MR) is 66.9 cm³/mol. The summed E-state index contributed by atoms with van der Waals surface area (Å²) in [7, 11) is 2.04. The molecule has 17 heavy (non-hydrogen) atoms. The quantitative estimate of drug-likeness (QED) is 0.789. The molecule has 0 aliphatic heterocycles. The second-order valence-corrected chi connectivity index (χ2v) is 4.45. The molecule has 1 aromatic rings. The van der Waals surface area contributed by atoms with E-state index in [1.807, 2.05) is 19.2 Å². The van der Waals surface area contributed by atoms with E-state index < -0.39 is 5.97 Å². The zero-order valence-corrected chi connectivity index (χ0v) is 9.84. The second-order valence-electron chi connectivity index (χ2n) is 4.45. The summed E-state index contributed by atoms with van der Waals surface area (Å²) in [5.41, 5.74) is 0.802. The molecule has 0 radical (unpaired) electrons. The fourth-order valence-corrected chi connectivity index (χ4v) is 1.67. The van der Waals surface area contributed by atoms with E-state index >= 15 is 0 Å². The highest BCUT2D eigenvalue weighted by atomic mass is 16.4. The van der Waals surface area contributed by atoms with Gasteiger partial charge in [0.15, 0.2) is 0 Å². The van der Waals surface area contributed by atoms with Crippen LogP contribution < -0.4 is 4.90 Å². The fourth-order valence-electron chi connectivity index (χ4n) is 1.67. The van der Waals surface area contributed by atoms with E-state index in [1.54, 1.807) is 12.3 Å². The number of rotatable bonds is 5. The van der Waals surface area contributed by atoms with Crippen molar-refractivity contribution in [1.82, 2.24) is 4.98 Å². The number of carboxylic acids is 1. The molecule has 90 valence electrons. The van der Waals surface area contributed by atoms with Gasteiger partial charge in [0.1, 0.15) is 5.82 Å². The second kappa shape index (κ2) is 4.99. The summed E-state index contributed by atoms with van der Waals surface area (Å²) < 4.78 is 0. The molecule has 0 atom stereocenters. The minimum Gasteiger partial charge on any atom is -0.478 e. The lowest BCUT2D eigenvalue weighted by Gasteiger charge is -2.17. The highest BCUT2D eigenvalue weighted by Crippen LogP contribution is 2.30. The van der Waals surface area contributed by atoms with Crippen molar-refractivity contribution < 1.29 is 9.90 Å². The first-order valence-corrected chi connectivity index (χ1v) is 5.73. The molecule has 4 heteroatoms. The topological polar surface area (TPSA) is 53.4 Å². The van der Waals surface area contributed by atoms with Crippen LogP contribution in [0.4, 0.5) is 5.82 Å². The third-order valence-corrected chi connectivity index (χ3v) is 2.81. The first-order chi connectivity index (χ1) is 8.15. The van der Waals surface area contributed by atoms with Crippen LogP contribution in [0, 0.1) is 5.92 Å². The molecule has 1 saturated carbocycles. The Kier molecular flexibility index (Phi) is 3.42. The molecule has 0 unspecified atom stereocenters. The summed E-state index contributed by atoms with van der Waals surface area (Å²) in [5.74, 6) is 0.817. The van der Waals surface area contributed by atoms with Crippen LogP contribution in [0.5, 0.6) is 0 Å². The van der Waals surface area contributed by atoms with Crippen LogP contribution in [0.2, 0.25) is 0 Å². The molecular weight excluding hydrogens is 216 g/mol. The number of aliphatic carboxylic acids is 1. The van der Waals surface area contributed by atoms with Crippen LogP contribution in [-0.2, 0) is 4.79 Å². The van der Waals surface area contributed by atoms with Crippen molar-refractivity contribution in [2.75, 3.05) is 18.5 Å². The van der Waals surface area contributed by atoms with Gasteiger partial charge in [-0.15, -0.1) is 0 Å². The van der Waals surface area contributed by atoms with Crippen molar-refractivity contribution in [2.24, 2.45) is 5.92 Å². The normalized spacial score (nSPS) is 15.1. The molecular formula is C13H16N2O2. The standard InChI is InChI=1S/C13H16N2O2/c1-15(9-11-2-3-11)12-6-4-10(8-14-12)5-7-13(16)17/h4-8,11H,2-3,9H2,1H3,(H,16,17)/b7-5+.